The quantitative estimate of drug-likeness (QED) is 0.400. The second kappa shape index (κ2) is 8.91. The molecule has 0 radical (unpaired) electrons. The lowest BCUT2D eigenvalue weighted by molar-refractivity contribution is 0.694. The Morgan fingerprint density at radius 2 is 0.700 bits per heavy atom. The van der Waals surface area contributed by atoms with Gasteiger partial charge in [-0.2, -0.15) is 10.5 Å². The molecule has 0 fully saturated rings. The number of hydrogen-bond donors (Lipinski definition) is 0. The molecule has 142 valence electrons. The molecule has 2 heteroatoms. The predicted octanol–water partition coefficient (Wildman–Crippen LogP) is 6.39. The van der Waals surface area contributed by atoms with E-state index in [0.717, 1.165) is 11.1 Å². The Morgan fingerprint density at radius 3 is 1.00 bits per heavy atom. The Hall–Kier alpha value is -4.14. The van der Waals surface area contributed by atoms with E-state index >= 15 is 0 Å². The molecule has 0 aliphatic carbocycles. The van der Waals surface area contributed by atoms with Gasteiger partial charge >= 0.3 is 0 Å². The van der Waals surface area contributed by atoms with Crippen LogP contribution >= 0.6 is 0 Å². The highest BCUT2D eigenvalue weighted by molar-refractivity contribution is 5.47. The van der Waals surface area contributed by atoms with Crippen molar-refractivity contribution in [2.24, 2.45) is 0 Å². The molecule has 0 N–H and O–H groups in total. The SMILES string of the molecule is N#Cc1ccc(C(c2ccccc2)C(c2ccccc2)c2ccc(C#N)cc2)cc1. The van der Waals surface area contributed by atoms with Crippen LogP contribution in [0.5, 0.6) is 0 Å². The van der Waals surface area contributed by atoms with Crippen molar-refractivity contribution in [1.82, 2.24) is 0 Å². The Morgan fingerprint density at radius 1 is 0.400 bits per heavy atom. The molecular weight excluding hydrogens is 364 g/mol. The molecule has 2 atom stereocenters. The van der Waals surface area contributed by atoms with Crippen molar-refractivity contribution >= 4 is 0 Å². The zero-order valence-electron chi connectivity index (χ0n) is 16.4. The van der Waals surface area contributed by atoms with Crippen molar-refractivity contribution in [1.29, 1.82) is 10.5 Å². The summed E-state index contributed by atoms with van der Waals surface area (Å²) in [5.74, 6) is 0.128. The maximum absolute atomic E-state index is 9.22. The van der Waals surface area contributed by atoms with Crippen molar-refractivity contribution in [3.63, 3.8) is 0 Å². The normalized spacial score (nSPS) is 12.3. The largest absolute Gasteiger partial charge is 0.192 e. The van der Waals surface area contributed by atoms with Crippen molar-refractivity contribution in [3.05, 3.63) is 143 Å². The van der Waals surface area contributed by atoms with Crippen LogP contribution in [-0.2, 0) is 0 Å². The summed E-state index contributed by atoms with van der Waals surface area (Å²) in [4.78, 5) is 0. The molecule has 0 saturated heterocycles. The monoisotopic (exact) mass is 384 g/mol. The standard InChI is InChI=1S/C28H20N2/c29-19-21-11-15-25(16-12-21)27(23-7-3-1-4-8-23)28(24-9-5-2-6-10-24)26-17-13-22(20-30)14-18-26/h1-18,27-28H. The highest BCUT2D eigenvalue weighted by atomic mass is 14.3. The Kier molecular flexibility index (Phi) is 5.70. The van der Waals surface area contributed by atoms with Crippen molar-refractivity contribution in [2.75, 3.05) is 0 Å². The molecule has 0 aromatic heterocycles. The minimum atomic E-state index is 0.0641. The number of hydrogen-bond acceptors (Lipinski definition) is 2. The summed E-state index contributed by atoms with van der Waals surface area (Å²) in [5.41, 5.74) is 6.03. The van der Waals surface area contributed by atoms with Crippen molar-refractivity contribution < 1.29 is 0 Å². The van der Waals surface area contributed by atoms with Crippen LogP contribution in [-0.4, -0.2) is 0 Å². The lowest BCUT2D eigenvalue weighted by atomic mass is 9.73. The van der Waals surface area contributed by atoms with Crippen LogP contribution in [0.25, 0.3) is 0 Å². The molecule has 0 amide bonds. The molecule has 0 heterocycles. The number of benzene rings is 4. The molecule has 0 saturated carbocycles. The van der Waals surface area contributed by atoms with Crippen LogP contribution in [0.15, 0.2) is 109 Å². The van der Waals surface area contributed by atoms with E-state index in [1.807, 2.05) is 36.4 Å². The molecule has 30 heavy (non-hydrogen) atoms. The van der Waals surface area contributed by atoms with Gasteiger partial charge in [0, 0.05) is 11.8 Å². The maximum Gasteiger partial charge on any atom is 0.0991 e. The van der Waals surface area contributed by atoms with Gasteiger partial charge in [-0.1, -0.05) is 84.9 Å². The smallest absolute Gasteiger partial charge is 0.0991 e. The number of rotatable bonds is 5. The maximum atomic E-state index is 9.22. The Balaban J connectivity index is 1.92. The van der Waals surface area contributed by atoms with Crippen molar-refractivity contribution in [2.45, 2.75) is 11.8 Å². The van der Waals surface area contributed by atoms with Crippen LogP contribution in [0.1, 0.15) is 45.2 Å². The van der Waals surface area contributed by atoms with Gasteiger partial charge in [0.15, 0.2) is 0 Å². The van der Waals surface area contributed by atoms with Crippen LogP contribution in [0.2, 0.25) is 0 Å². The molecule has 0 spiro atoms. The van der Waals surface area contributed by atoms with Gasteiger partial charge in [0.2, 0.25) is 0 Å². The third kappa shape index (κ3) is 4.00. The fourth-order valence-corrected chi connectivity index (χ4v) is 4.01. The predicted molar refractivity (Wildman–Crippen MR) is 119 cm³/mol. The van der Waals surface area contributed by atoms with Gasteiger partial charge in [0.05, 0.1) is 23.3 Å². The van der Waals surface area contributed by atoms with Gasteiger partial charge in [0.1, 0.15) is 0 Å². The molecule has 0 aliphatic heterocycles. The molecule has 4 aromatic rings. The van der Waals surface area contributed by atoms with E-state index in [1.165, 1.54) is 11.1 Å². The van der Waals surface area contributed by atoms with E-state index in [2.05, 4.69) is 84.9 Å². The third-order valence-corrected chi connectivity index (χ3v) is 5.45. The van der Waals surface area contributed by atoms with E-state index in [0.29, 0.717) is 11.1 Å². The second-order valence-corrected chi connectivity index (χ2v) is 7.24. The van der Waals surface area contributed by atoms with Gasteiger partial charge in [-0.15, -0.1) is 0 Å². The molecule has 0 aliphatic rings. The average molecular weight is 384 g/mol. The number of nitrogens with zero attached hydrogens (tertiary/aromatic N) is 2. The Labute approximate surface area is 177 Å². The molecule has 4 rings (SSSR count). The van der Waals surface area contributed by atoms with Gasteiger partial charge < -0.3 is 0 Å². The molecule has 0 bridgehead atoms. The van der Waals surface area contributed by atoms with Gasteiger partial charge in [0.25, 0.3) is 0 Å². The van der Waals surface area contributed by atoms with E-state index in [-0.39, 0.29) is 11.8 Å². The lowest BCUT2D eigenvalue weighted by Gasteiger charge is -2.29. The minimum absolute atomic E-state index is 0.0641. The van der Waals surface area contributed by atoms with Crippen molar-refractivity contribution in [3.8, 4) is 12.1 Å². The third-order valence-electron chi connectivity index (χ3n) is 5.45. The minimum Gasteiger partial charge on any atom is -0.192 e. The molecular formula is C28H20N2. The first kappa shape index (κ1) is 19.2. The van der Waals surface area contributed by atoms with Crippen LogP contribution in [0, 0.1) is 22.7 Å². The fraction of sp³-hybridized carbons (Fsp3) is 0.0714. The highest BCUT2D eigenvalue weighted by Crippen LogP contribution is 2.42. The van der Waals surface area contributed by atoms with Crippen LogP contribution < -0.4 is 0 Å². The van der Waals surface area contributed by atoms with E-state index < -0.39 is 0 Å². The zero-order chi connectivity index (χ0) is 20.8. The molecule has 4 aromatic carbocycles. The second-order valence-electron chi connectivity index (χ2n) is 7.24. The first-order chi connectivity index (χ1) is 14.8. The highest BCUT2D eigenvalue weighted by Gasteiger charge is 2.28. The number of nitriles is 2. The lowest BCUT2D eigenvalue weighted by Crippen LogP contribution is -2.15. The summed E-state index contributed by atoms with van der Waals surface area (Å²) in [6.45, 7) is 0. The summed E-state index contributed by atoms with van der Waals surface area (Å²) >= 11 is 0. The van der Waals surface area contributed by atoms with Crippen LogP contribution in [0.4, 0.5) is 0 Å². The topological polar surface area (TPSA) is 47.6 Å². The molecule has 2 nitrogen and oxygen atoms in total. The fourth-order valence-electron chi connectivity index (χ4n) is 4.01. The first-order valence-electron chi connectivity index (χ1n) is 9.90. The van der Waals surface area contributed by atoms with Gasteiger partial charge in [-0.3, -0.25) is 0 Å². The Bertz CT molecular complexity index is 1080. The average Bonchev–Trinajstić information content (AvgIpc) is 2.84. The van der Waals surface area contributed by atoms with Crippen LogP contribution in [0.3, 0.4) is 0 Å². The van der Waals surface area contributed by atoms with E-state index in [4.69, 9.17) is 0 Å². The van der Waals surface area contributed by atoms with Gasteiger partial charge in [-0.05, 0) is 46.5 Å². The summed E-state index contributed by atoms with van der Waals surface area (Å²) in [6, 6.07) is 41.1. The first-order valence-corrected chi connectivity index (χ1v) is 9.90. The van der Waals surface area contributed by atoms with E-state index in [9.17, 15) is 10.5 Å². The summed E-state index contributed by atoms with van der Waals surface area (Å²) < 4.78 is 0. The summed E-state index contributed by atoms with van der Waals surface area (Å²) in [5, 5.41) is 18.4. The molecule has 2 unspecified atom stereocenters. The van der Waals surface area contributed by atoms with E-state index in [1.54, 1.807) is 0 Å². The zero-order valence-corrected chi connectivity index (χ0v) is 16.4. The van der Waals surface area contributed by atoms with Gasteiger partial charge in [-0.25, -0.2) is 0 Å². The summed E-state index contributed by atoms with van der Waals surface area (Å²) in [6.07, 6.45) is 0. The summed E-state index contributed by atoms with van der Waals surface area (Å²) in [7, 11) is 0.